The Bertz CT molecular complexity index is 474. The van der Waals surface area contributed by atoms with Crippen LogP contribution < -0.4 is 0 Å². The number of amides is 1. The van der Waals surface area contributed by atoms with Crippen LogP contribution in [-0.4, -0.2) is 38.6 Å². The average molecular weight is 309 g/mol. The zero-order chi connectivity index (χ0) is 14.5. The fourth-order valence-corrected chi connectivity index (χ4v) is 3.77. The number of aliphatic hydroxyl groups excluding tert-OH is 1. The average Bonchev–Trinajstić information content (AvgIpc) is 2.82. The van der Waals surface area contributed by atoms with Gasteiger partial charge in [0.2, 0.25) is 5.91 Å². The molecule has 0 aromatic heterocycles. The van der Waals surface area contributed by atoms with Gasteiger partial charge in [-0.25, -0.2) is 0 Å². The van der Waals surface area contributed by atoms with E-state index < -0.39 is 0 Å². The number of aliphatic hydroxyl groups is 1. The molecule has 0 unspecified atom stereocenters. The van der Waals surface area contributed by atoms with Gasteiger partial charge in [-0.3, -0.25) is 9.69 Å². The summed E-state index contributed by atoms with van der Waals surface area (Å²) in [5.41, 5.74) is 1.21. The fraction of sp³-hybridized carbons (Fsp3) is 0.467. The monoisotopic (exact) mass is 309 g/mol. The summed E-state index contributed by atoms with van der Waals surface area (Å²) < 4.78 is 0.642. The van der Waals surface area contributed by atoms with Gasteiger partial charge in [0, 0.05) is 5.75 Å². The molecule has 0 bridgehead atoms. The van der Waals surface area contributed by atoms with E-state index in [9.17, 15) is 9.90 Å². The zero-order valence-electron chi connectivity index (χ0n) is 11.5. The fourth-order valence-electron chi connectivity index (χ4n) is 2.35. The van der Waals surface area contributed by atoms with E-state index in [2.05, 4.69) is 12.1 Å². The van der Waals surface area contributed by atoms with Crippen molar-refractivity contribution >= 4 is 34.2 Å². The van der Waals surface area contributed by atoms with Crippen molar-refractivity contribution < 1.29 is 9.90 Å². The summed E-state index contributed by atoms with van der Waals surface area (Å²) in [5, 5.41) is 9.32. The Morgan fingerprint density at radius 1 is 1.50 bits per heavy atom. The predicted molar refractivity (Wildman–Crippen MR) is 86.7 cm³/mol. The minimum atomic E-state index is -0.343. The van der Waals surface area contributed by atoms with E-state index >= 15 is 0 Å². The Hall–Kier alpha value is -0.910. The molecule has 0 spiro atoms. The standard InChI is InChI=1S/C15H19NO2S2/c1-2-12(9-17)14(18)16-13(10-20-15(16)19)8-11-6-4-3-5-7-11/h3-7,12-13,17H,2,8-10H2,1H3/t12-,13+/m1/s1. The highest BCUT2D eigenvalue weighted by Gasteiger charge is 2.36. The molecule has 1 aliphatic rings. The van der Waals surface area contributed by atoms with Gasteiger partial charge in [-0.1, -0.05) is 61.2 Å². The van der Waals surface area contributed by atoms with E-state index in [1.165, 1.54) is 5.56 Å². The van der Waals surface area contributed by atoms with Gasteiger partial charge >= 0.3 is 0 Å². The third-order valence-electron chi connectivity index (χ3n) is 3.58. The third-order valence-corrected chi connectivity index (χ3v) is 5.12. The number of thiocarbonyl (C=S) groups is 1. The number of hydrogen-bond acceptors (Lipinski definition) is 4. The number of hydrogen-bond donors (Lipinski definition) is 1. The third kappa shape index (κ3) is 3.40. The quantitative estimate of drug-likeness (QED) is 0.848. The largest absolute Gasteiger partial charge is 0.396 e. The first-order valence-corrected chi connectivity index (χ1v) is 8.21. The number of carbonyl (C=O) groups is 1. The molecule has 108 valence electrons. The molecular weight excluding hydrogens is 290 g/mol. The summed E-state index contributed by atoms with van der Waals surface area (Å²) in [4.78, 5) is 14.2. The highest BCUT2D eigenvalue weighted by atomic mass is 32.2. The highest BCUT2D eigenvalue weighted by Crippen LogP contribution is 2.28. The molecule has 3 nitrogen and oxygen atoms in total. The summed E-state index contributed by atoms with van der Waals surface area (Å²) >= 11 is 6.87. The first-order valence-electron chi connectivity index (χ1n) is 6.82. The van der Waals surface area contributed by atoms with Crippen LogP contribution in [0.25, 0.3) is 0 Å². The molecule has 0 radical (unpaired) electrons. The van der Waals surface area contributed by atoms with E-state index in [4.69, 9.17) is 12.2 Å². The van der Waals surface area contributed by atoms with Crippen molar-refractivity contribution in [3.8, 4) is 0 Å². The van der Waals surface area contributed by atoms with Gasteiger partial charge in [0.25, 0.3) is 0 Å². The summed E-state index contributed by atoms with van der Waals surface area (Å²) in [5.74, 6) is 0.456. The molecule has 1 saturated heterocycles. The molecule has 1 amide bonds. The second-order valence-electron chi connectivity index (χ2n) is 4.92. The van der Waals surface area contributed by atoms with Crippen molar-refractivity contribution in [3.05, 3.63) is 35.9 Å². The van der Waals surface area contributed by atoms with Gasteiger partial charge in [-0.2, -0.15) is 0 Å². The van der Waals surface area contributed by atoms with Crippen LogP contribution in [0, 0.1) is 5.92 Å². The van der Waals surface area contributed by atoms with Crippen LogP contribution >= 0.6 is 24.0 Å². The number of thioether (sulfide) groups is 1. The van der Waals surface area contributed by atoms with Gasteiger partial charge in [0.15, 0.2) is 0 Å². The lowest BCUT2D eigenvalue weighted by Gasteiger charge is -2.27. The summed E-state index contributed by atoms with van der Waals surface area (Å²) in [7, 11) is 0. The minimum absolute atomic E-state index is 0.0362. The van der Waals surface area contributed by atoms with Gasteiger partial charge in [-0.15, -0.1) is 0 Å². The van der Waals surface area contributed by atoms with Crippen LogP contribution in [-0.2, 0) is 11.2 Å². The maximum atomic E-state index is 12.5. The van der Waals surface area contributed by atoms with Gasteiger partial charge in [0.05, 0.1) is 18.6 Å². The molecule has 1 heterocycles. The van der Waals surface area contributed by atoms with Gasteiger partial charge < -0.3 is 5.11 Å². The smallest absolute Gasteiger partial charge is 0.233 e. The van der Waals surface area contributed by atoms with Gasteiger partial charge in [-0.05, 0) is 18.4 Å². The SMILES string of the molecule is CC[C@H](CO)C(=O)N1C(=S)SC[C@@H]1Cc1ccccc1. The molecule has 1 fully saturated rings. The molecule has 20 heavy (non-hydrogen) atoms. The van der Waals surface area contributed by atoms with E-state index in [1.807, 2.05) is 25.1 Å². The lowest BCUT2D eigenvalue weighted by molar-refractivity contribution is -0.133. The Morgan fingerprint density at radius 3 is 2.80 bits per heavy atom. The summed E-state index contributed by atoms with van der Waals surface area (Å²) in [6, 6.07) is 10.2. The number of nitrogens with zero attached hydrogens (tertiary/aromatic N) is 1. The molecular formula is C15H19NO2S2. The predicted octanol–water partition coefficient (Wildman–Crippen LogP) is 2.48. The molecule has 1 aliphatic heterocycles. The second kappa shape index (κ2) is 7.20. The summed E-state index contributed by atoms with van der Waals surface area (Å²) in [6.45, 7) is 1.80. The van der Waals surface area contributed by atoms with E-state index in [0.29, 0.717) is 10.7 Å². The number of benzene rings is 1. The molecule has 2 atom stereocenters. The maximum Gasteiger partial charge on any atom is 0.233 e. The Balaban J connectivity index is 2.12. The first kappa shape index (κ1) is 15.5. The van der Waals surface area contributed by atoms with E-state index in [-0.39, 0.29) is 24.5 Å². The van der Waals surface area contributed by atoms with Crippen molar-refractivity contribution in [3.63, 3.8) is 0 Å². The topological polar surface area (TPSA) is 40.5 Å². The molecule has 1 N–H and O–H groups in total. The number of carbonyl (C=O) groups excluding carboxylic acids is 1. The van der Waals surface area contributed by atoms with Crippen molar-refractivity contribution in [1.82, 2.24) is 4.90 Å². The number of rotatable bonds is 5. The lowest BCUT2D eigenvalue weighted by atomic mass is 10.0. The minimum Gasteiger partial charge on any atom is -0.396 e. The van der Waals surface area contributed by atoms with Crippen LogP contribution in [0.15, 0.2) is 30.3 Å². The zero-order valence-corrected chi connectivity index (χ0v) is 13.1. The lowest BCUT2D eigenvalue weighted by Crippen LogP contribution is -2.44. The first-order chi connectivity index (χ1) is 9.67. The molecule has 5 heteroatoms. The van der Waals surface area contributed by atoms with Crippen molar-refractivity contribution in [1.29, 1.82) is 0 Å². The van der Waals surface area contributed by atoms with Crippen molar-refractivity contribution in [2.24, 2.45) is 5.92 Å². The van der Waals surface area contributed by atoms with E-state index in [1.54, 1.807) is 16.7 Å². The van der Waals surface area contributed by atoms with Crippen molar-refractivity contribution in [2.45, 2.75) is 25.8 Å². The Kier molecular flexibility index (Phi) is 5.57. The van der Waals surface area contributed by atoms with Crippen LogP contribution in [0.5, 0.6) is 0 Å². The second-order valence-corrected chi connectivity index (χ2v) is 6.57. The van der Waals surface area contributed by atoms with Crippen LogP contribution in [0.1, 0.15) is 18.9 Å². The molecule has 2 rings (SSSR count). The van der Waals surface area contributed by atoms with Crippen molar-refractivity contribution in [2.75, 3.05) is 12.4 Å². The Labute approximate surface area is 129 Å². The highest BCUT2D eigenvalue weighted by molar-refractivity contribution is 8.23. The maximum absolute atomic E-state index is 12.5. The van der Waals surface area contributed by atoms with E-state index in [0.717, 1.165) is 12.2 Å². The normalized spacial score (nSPS) is 20.2. The summed E-state index contributed by atoms with van der Waals surface area (Å²) in [6.07, 6.45) is 1.44. The molecule has 0 saturated carbocycles. The van der Waals surface area contributed by atoms with Gasteiger partial charge in [0.1, 0.15) is 4.32 Å². The van der Waals surface area contributed by atoms with Crippen LogP contribution in [0.3, 0.4) is 0 Å². The molecule has 1 aromatic rings. The van der Waals surface area contributed by atoms with Crippen LogP contribution in [0.4, 0.5) is 0 Å². The molecule has 0 aliphatic carbocycles. The van der Waals surface area contributed by atoms with Crippen LogP contribution in [0.2, 0.25) is 0 Å². The molecule has 1 aromatic carbocycles. The Morgan fingerprint density at radius 2 is 2.20 bits per heavy atom.